The summed E-state index contributed by atoms with van der Waals surface area (Å²) in [5, 5.41) is 10.5. The molecule has 1 aliphatic carbocycles. The minimum absolute atomic E-state index is 0.00656. The molecule has 1 aromatic heterocycles. The Balaban J connectivity index is 1.52. The topological polar surface area (TPSA) is 75.2 Å². The number of nitrogens with zero attached hydrogens (tertiary/aromatic N) is 1. The molecule has 1 spiro atoms. The number of benzene rings is 1. The van der Waals surface area contributed by atoms with Gasteiger partial charge in [-0.25, -0.2) is 0 Å². The van der Waals surface area contributed by atoms with Gasteiger partial charge < -0.3 is 20.5 Å². The van der Waals surface area contributed by atoms with Crippen molar-refractivity contribution < 1.29 is 9.59 Å². The average Bonchev–Trinajstić information content (AvgIpc) is 3.02. The van der Waals surface area contributed by atoms with Crippen LogP contribution < -0.4 is 16.0 Å². The van der Waals surface area contributed by atoms with Crippen molar-refractivity contribution in [1.82, 2.24) is 20.5 Å². The molecule has 1 saturated carbocycles. The second-order valence-corrected chi connectivity index (χ2v) is 7.92. The number of nitrogens with one attached hydrogen (secondary N) is 3. The summed E-state index contributed by atoms with van der Waals surface area (Å²) < 4.78 is 2.20. The fourth-order valence-electron chi connectivity index (χ4n) is 4.66. The maximum atomic E-state index is 12.7. The molecule has 136 valence electrons. The zero-order valence-corrected chi connectivity index (χ0v) is 14.8. The van der Waals surface area contributed by atoms with Gasteiger partial charge in [-0.15, -0.1) is 0 Å². The van der Waals surface area contributed by atoms with Crippen molar-refractivity contribution >= 4 is 22.7 Å². The molecule has 3 N–H and O–H groups in total. The summed E-state index contributed by atoms with van der Waals surface area (Å²) in [7, 11) is 0. The summed E-state index contributed by atoms with van der Waals surface area (Å²) >= 11 is 0. The number of carbonyl (C=O) groups is 2. The molecule has 2 aliphatic heterocycles. The van der Waals surface area contributed by atoms with E-state index < -0.39 is 0 Å². The van der Waals surface area contributed by atoms with Crippen LogP contribution in [0.1, 0.15) is 53.0 Å². The van der Waals surface area contributed by atoms with Crippen LogP contribution in [0.3, 0.4) is 0 Å². The highest BCUT2D eigenvalue weighted by Gasteiger charge is 2.44. The van der Waals surface area contributed by atoms with Crippen LogP contribution in [0.2, 0.25) is 0 Å². The molecule has 26 heavy (non-hydrogen) atoms. The van der Waals surface area contributed by atoms with E-state index in [-0.39, 0.29) is 23.4 Å². The van der Waals surface area contributed by atoms with Gasteiger partial charge >= 0.3 is 0 Å². The summed E-state index contributed by atoms with van der Waals surface area (Å²) in [6.45, 7) is 2.54. The summed E-state index contributed by atoms with van der Waals surface area (Å²) in [4.78, 5) is 25.1. The fraction of sp³-hybridized carbons (Fsp3) is 0.500. The van der Waals surface area contributed by atoms with E-state index in [1.165, 1.54) is 6.42 Å². The maximum Gasteiger partial charge on any atom is 0.268 e. The molecular formula is C20H24N4O2. The third kappa shape index (κ3) is 2.35. The molecule has 5 rings (SSSR count). The van der Waals surface area contributed by atoms with Crippen LogP contribution in [0.25, 0.3) is 10.9 Å². The van der Waals surface area contributed by atoms with Gasteiger partial charge in [-0.3, -0.25) is 9.59 Å². The Bertz CT molecular complexity index is 891. The molecule has 2 aromatic rings. The Hall–Kier alpha value is -2.34. The van der Waals surface area contributed by atoms with E-state index in [1.54, 1.807) is 0 Å². The van der Waals surface area contributed by atoms with Gasteiger partial charge in [0.05, 0.1) is 11.1 Å². The molecule has 1 saturated heterocycles. The van der Waals surface area contributed by atoms with Gasteiger partial charge in [-0.1, -0.05) is 6.07 Å². The number of rotatable bonds is 2. The predicted octanol–water partition coefficient (Wildman–Crippen LogP) is 1.75. The summed E-state index contributed by atoms with van der Waals surface area (Å²) in [5.74, 6) is -0.0444. The van der Waals surface area contributed by atoms with E-state index in [4.69, 9.17) is 0 Å². The molecule has 2 fully saturated rings. The molecule has 0 unspecified atom stereocenters. The second-order valence-electron chi connectivity index (χ2n) is 7.92. The molecule has 1 atom stereocenters. The highest BCUT2D eigenvalue weighted by molar-refractivity contribution is 6.03. The van der Waals surface area contributed by atoms with Crippen molar-refractivity contribution in [3.63, 3.8) is 0 Å². The van der Waals surface area contributed by atoms with E-state index in [0.717, 1.165) is 55.4 Å². The second kappa shape index (κ2) is 5.84. The van der Waals surface area contributed by atoms with Gasteiger partial charge in [0.2, 0.25) is 0 Å². The first-order valence-corrected chi connectivity index (χ1v) is 9.62. The van der Waals surface area contributed by atoms with E-state index in [1.807, 2.05) is 24.3 Å². The van der Waals surface area contributed by atoms with Crippen molar-refractivity contribution in [1.29, 1.82) is 0 Å². The third-order valence-electron chi connectivity index (χ3n) is 6.27. The number of fused-ring (bicyclic) bond motifs is 4. The van der Waals surface area contributed by atoms with Crippen LogP contribution in [0.4, 0.5) is 0 Å². The molecule has 3 heterocycles. The number of piperidine rings is 1. The average molecular weight is 352 g/mol. The Morgan fingerprint density at radius 3 is 2.85 bits per heavy atom. The van der Waals surface area contributed by atoms with Crippen molar-refractivity contribution in [2.45, 2.75) is 43.7 Å². The first-order chi connectivity index (χ1) is 12.7. The largest absolute Gasteiger partial charge is 0.348 e. The number of hydrogen-bond donors (Lipinski definition) is 3. The lowest BCUT2D eigenvalue weighted by Gasteiger charge is -2.47. The van der Waals surface area contributed by atoms with Crippen LogP contribution in [-0.4, -0.2) is 42.1 Å². The van der Waals surface area contributed by atoms with Crippen LogP contribution in [0, 0.1) is 0 Å². The van der Waals surface area contributed by atoms with Crippen molar-refractivity contribution in [2.75, 3.05) is 19.6 Å². The summed E-state index contributed by atoms with van der Waals surface area (Å²) in [6, 6.07) is 7.94. The fourth-order valence-corrected chi connectivity index (χ4v) is 4.66. The lowest BCUT2D eigenvalue weighted by molar-refractivity contribution is 0.0763. The van der Waals surface area contributed by atoms with Gasteiger partial charge in [-0.2, -0.15) is 0 Å². The maximum absolute atomic E-state index is 12.7. The minimum Gasteiger partial charge on any atom is -0.348 e. The number of carbonyl (C=O) groups excluding carboxylic acids is 2. The summed E-state index contributed by atoms with van der Waals surface area (Å²) in [5.41, 5.74) is 2.39. The Labute approximate surface area is 152 Å². The highest BCUT2D eigenvalue weighted by Crippen LogP contribution is 2.44. The van der Waals surface area contributed by atoms with Gasteiger partial charge in [0.25, 0.3) is 11.8 Å². The van der Waals surface area contributed by atoms with Crippen LogP contribution in [0.5, 0.6) is 0 Å². The Kier molecular flexibility index (Phi) is 3.57. The first kappa shape index (κ1) is 15.9. The molecule has 6 nitrogen and oxygen atoms in total. The molecule has 0 bridgehead atoms. The zero-order valence-electron chi connectivity index (χ0n) is 14.8. The first-order valence-electron chi connectivity index (χ1n) is 9.62. The quantitative estimate of drug-likeness (QED) is 0.771. The monoisotopic (exact) mass is 352 g/mol. The SMILES string of the molecule is O=C(N[C@H]1CCCNC1)c1ccc2cc3n(c2c1)C1(CCC1)CNC3=O. The van der Waals surface area contributed by atoms with E-state index in [9.17, 15) is 9.59 Å². The molecule has 6 heteroatoms. The standard InChI is InChI=1S/C20H24N4O2/c25-18(23-15-3-1-8-21-11-15)14-5-4-13-9-17-19(26)22-12-20(6-2-7-20)24(17)16(13)10-14/h4-5,9-10,15,21H,1-3,6-8,11-12H2,(H,22,26)(H,23,25)/t15-/m0/s1. The molecule has 2 amide bonds. The van der Waals surface area contributed by atoms with Gasteiger partial charge in [0.1, 0.15) is 5.69 Å². The van der Waals surface area contributed by atoms with Crippen molar-refractivity contribution in [3.05, 3.63) is 35.5 Å². The van der Waals surface area contributed by atoms with E-state index in [0.29, 0.717) is 12.1 Å². The normalized spacial score (nSPS) is 24.0. The van der Waals surface area contributed by atoms with E-state index in [2.05, 4.69) is 20.5 Å². The predicted molar refractivity (Wildman–Crippen MR) is 99.5 cm³/mol. The Morgan fingerprint density at radius 2 is 2.12 bits per heavy atom. The molecular weight excluding hydrogens is 328 g/mol. The van der Waals surface area contributed by atoms with Crippen LogP contribution in [0.15, 0.2) is 24.3 Å². The van der Waals surface area contributed by atoms with Gasteiger partial charge in [0.15, 0.2) is 0 Å². The number of aromatic nitrogens is 1. The lowest BCUT2D eigenvalue weighted by atomic mass is 9.75. The van der Waals surface area contributed by atoms with Gasteiger partial charge in [0, 0.05) is 30.1 Å². The zero-order chi connectivity index (χ0) is 17.7. The smallest absolute Gasteiger partial charge is 0.268 e. The van der Waals surface area contributed by atoms with Crippen LogP contribution in [-0.2, 0) is 5.54 Å². The molecule has 0 radical (unpaired) electrons. The highest BCUT2D eigenvalue weighted by atomic mass is 16.2. The minimum atomic E-state index is -0.0286. The van der Waals surface area contributed by atoms with Crippen LogP contribution >= 0.6 is 0 Å². The lowest BCUT2D eigenvalue weighted by Crippen LogP contribution is -2.55. The molecule has 3 aliphatic rings. The van der Waals surface area contributed by atoms with Crippen molar-refractivity contribution in [2.24, 2.45) is 0 Å². The summed E-state index contributed by atoms with van der Waals surface area (Å²) in [6.07, 6.45) is 5.45. The Morgan fingerprint density at radius 1 is 1.23 bits per heavy atom. The van der Waals surface area contributed by atoms with Crippen molar-refractivity contribution in [3.8, 4) is 0 Å². The van der Waals surface area contributed by atoms with E-state index >= 15 is 0 Å². The number of hydrogen-bond acceptors (Lipinski definition) is 3. The third-order valence-corrected chi connectivity index (χ3v) is 6.27. The number of amides is 2. The van der Waals surface area contributed by atoms with Gasteiger partial charge in [-0.05, 0) is 56.8 Å². The molecule has 1 aromatic carbocycles.